The Bertz CT molecular complexity index is 701. The van der Waals surface area contributed by atoms with Crippen LogP contribution in [0, 0.1) is 0 Å². The molecular weight excluding hydrogens is 310 g/mol. The molecule has 0 bridgehead atoms. The average molecular weight is 337 g/mol. The Morgan fingerprint density at radius 2 is 1.72 bits per heavy atom. The summed E-state index contributed by atoms with van der Waals surface area (Å²) in [5, 5.41) is 2.97. The molecule has 1 N–H and O–H groups in total. The first kappa shape index (κ1) is 17.5. The van der Waals surface area contributed by atoms with Gasteiger partial charge in [0.15, 0.2) is 0 Å². The van der Waals surface area contributed by atoms with Crippen molar-refractivity contribution >= 4 is 17.3 Å². The van der Waals surface area contributed by atoms with Crippen molar-refractivity contribution in [2.75, 3.05) is 23.3 Å². The molecule has 0 unspecified atom stereocenters. The number of carbonyl (C=O) groups is 1. The summed E-state index contributed by atoms with van der Waals surface area (Å²) in [6.45, 7) is 6.41. The molecule has 2 aromatic rings. The van der Waals surface area contributed by atoms with Crippen LogP contribution in [0.1, 0.15) is 61.4 Å². The Labute approximate surface area is 150 Å². The van der Waals surface area contributed by atoms with Gasteiger partial charge in [0.1, 0.15) is 0 Å². The average Bonchev–Trinajstić information content (AvgIpc) is 2.92. The molecule has 4 heteroatoms. The van der Waals surface area contributed by atoms with Crippen molar-refractivity contribution in [1.29, 1.82) is 0 Å². The molecule has 0 spiro atoms. The number of carbonyl (C=O) groups excluding carboxylic acids is 1. The van der Waals surface area contributed by atoms with E-state index in [1.807, 2.05) is 24.4 Å². The minimum absolute atomic E-state index is 0.110. The number of benzene rings is 1. The van der Waals surface area contributed by atoms with E-state index in [0.29, 0.717) is 11.5 Å². The topological polar surface area (TPSA) is 45.2 Å². The zero-order valence-electron chi connectivity index (χ0n) is 15.2. The van der Waals surface area contributed by atoms with Crippen LogP contribution in [0.5, 0.6) is 0 Å². The van der Waals surface area contributed by atoms with Crippen molar-refractivity contribution < 1.29 is 4.79 Å². The fourth-order valence-electron chi connectivity index (χ4n) is 3.21. The van der Waals surface area contributed by atoms with Gasteiger partial charge in [0.05, 0.1) is 17.4 Å². The SMILES string of the molecule is CC(C)c1ccc(NC(=O)c2cncc(N3CCCCCC3)c2)cc1. The van der Waals surface area contributed by atoms with Gasteiger partial charge in [-0.2, -0.15) is 0 Å². The number of aromatic nitrogens is 1. The van der Waals surface area contributed by atoms with Crippen molar-refractivity contribution in [2.24, 2.45) is 0 Å². The van der Waals surface area contributed by atoms with Gasteiger partial charge in [-0.05, 0) is 42.5 Å². The van der Waals surface area contributed by atoms with Crippen molar-refractivity contribution in [2.45, 2.75) is 45.4 Å². The van der Waals surface area contributed by atoms with Gasteiger partial charge in [-0.25, -0.2) is 0 Å². The molecular formula is C21H27N3O. The molecule has 4 nitrogen and oxygen atoms in total. The lowest BCUT2D eigenvalue weighted by Crippen LogP contribution is -2.24. The maximum Gasteiger partial charge on any atom is 0.257 e. The van der Waals surface area contributed by atoms with Gasteiger partial charge in [0.25, 0.3) is 5.91 Å². The maximum absolute atomic E-state index is 12.6. The summed E-state index contributed by atoms with van der Waals surface area (Å²) in [5.41, 5.74) is 3.73. The van der Waals surface area contributed by atoms with Crippen molar-refractivity contribution in [3.8, 4) is 0 Å². The van der Waals surface area contributed by atoms with E-state index >= 15 is 0 Å². The first-order chi connectivity index (χ1) is 12.1. The highest BCUT2D eigenvalue weighted by atomic mass is 16.1. The Kier molecular flexibility index (Phi) is 5.69. The van der Waals surface area contributed by atoms with Gasteiger partial charge >= 0.3 is 0 Å². The Hall–Kier alpha value is -2.36. The van der Waals surface area contributed by atoms with Crippen molar-refractivity contribution in [3.05, 3.63) is 53.9 Å². The second-order valence-corrected chi connectivity index (χ2v) is 7.06. The Balaban J connectivity index is 1.70. The Morgan fingerprint density at radius 1 is 1.04 bits per heavy atom. The molecule has 2 heterocycles. The van der Waals surface area contributed by atoms with Crippen LogP contribution < -0.4 is 10.2 Å². The van der Waals surface area contributed by atoms with Gasteiger partial charge in [0, 0.05) is 25.0 Å². The van der Waals surface area contributed by atoms with Gasteiger partial charge in [-0.3, -0.25) is 9.78 Å². The van der Waals surface area contributed by atoms with Crippen LogP contribution in [0.25, 0.3) is 0 Å². The Morgan fingerprint density at radius 3 is 2.36 bits per heavy atom. The maximum atomic E-state index is 12.6. The second kappa shape index (κ2) is 8.15. The standard InChI is InChI=1S/C21H27N3O/c1-16(2)17-7-9-19(10-8-17)23-21(25)18-13-20(15-22-14-18)24-11-5-3-4-6-12-24/h7-10,13-16H,3-6,11-12H2,1-2H3,(H,23,25). The number of nitrogens with zero attached hydrogens (tertiary/aromatic N) is 2. The number of pyridine rings is 1. The van der Waals surface area contributed by atoms with E-state index in [2.05, 4.69) is 41.2 Å². The lowest BCUT2D eigenvalue weighted by atomic mass is 10.0. The molecule has 1 amide bonds. The lowest BCUT2D eigenvalue weighted by molar-refractivity contribution is 0.102. The normalized spacial score (nSPS) is 15.1. The van der Waals surface area contributed by atoms with Crippen LogP contribution in [0.4, 0.5) is 11.4 Å². The molecule has 1 saturated heterocycles. The van der Waals surface area contributed by atoms with E-state index in [9.17, 15) is 4.79 Å². The smallest absolute Gasteiger partial charge is 0.257 e. The second-order valence-electron chi connectivity index (χ2n) is 7.06. The highest BCUT2D eigenvalue weighted by molar-refractivity contribution is 6.04. The highest BCUT2D eigenvalue weighted by Gasteiger charge is 2.13. The van der Waals surface area contributed by atoms with E-state index < -0.39 is 0 Å². The lowest BCUT2D eigenvalue weighted by Gasteiger charge is -2.22. The van der Waals surface area contributed by atoms with Crippen LogP contribution in [-0.4, -0.2) is 24.0 Å². The highest BCUT2D eigenvalue weighted by Crippen LogP contribution is 2.21. The summed E-state index contributed by atoms with van der Waals surface area (Å²) in [5.74, 6) is 0.376. The first-order valence-corrected chi connectivity index (χ1v) is 9.25. The van der Waals surface area contributed by atoms with Crippen molar-refractivity contribution in [3.63, 3.8) is 0 Å². The van der Waals surface area contributed by atoms with Crippen LogP contribution in [-0.2, 0) is 0 Å². The third kappa shape index (κ3) is 4.59. The summed E-state index contributed by atoms with van der Waals surface area (Å²) in [4.78, 5) is 19.2. The van der Waals surface area contributed by atoms with E-state index in [4.69, 9.17) is 0 Å². The third-order valence-corrected chi connectivity index (χ3v) is 4.79. The van der Waals surface area contributed by atoms with Crippen LogP contribution in [0.15, 0.2) is 42.7 Å². The molecule has 1 aliphatic rings. The fourth-order valence-corrected chi connectivity index (χ4v) is 3.21. The summed E-state index contributed by atoms with van der Waals surface area (Å²) >= 11 is 0. The molecule has 3 rings (SSSR count). The van der Waals surface area contributed by atoms with Gasteiger partial charge in [-0.1, -0.05) is 38.8 Å². The summed E-state index contributed by atoms with van der Waals surface area (Å²) in [6, 6.07) is 9.99. The molecule has 0 saturated carbocycles. The van der Waals surface area contributed by atoms with Crippen LogP contribution in [0.2, 0.25) is 0 Å². The van der Waals surface area contributed by atoms with Crippen LogP contribution in [0.3, 0.4) is 0 Å². The zero-order chi connectivity index (χ0) is 17.6. The van der Waals surface area contributed by atoms with Gasteiger partial charge in [-0.15, -0.1) is 0 Å². The predicted molar refractivity (Wildman–Crippen MR) is 103 cm³/mol. The molecule has 0 radical (unpaired) electrons. The number of rotatable bonds is 4. The molecule has 1 aliphatic heterocycles. The third-order valence-electron chi connectivity index (χ3n) is 4.79. The monoisotopic (exact) mass is 337 g/mol. The van der Waals surface area contributed by atoms with Gasteiger partial charge < -0.3 is 10.2 Å². The van der Waals surface area contributed by atoms with E-state index in [1.165, 1.54) is 31.2 Å². The number of hydrogen-bond acceptors (Lipinski definition) is 3. The van der Waals surface area contributed by atoms with Crippen LogP contribution >= 0.6 is 0 Å². The molecule has 1 aromatic heterocycles. The largest absolute Gasteiger partial charge is 0.370 e. The molecule has 1 fully saturated rings. The minimum Gasteiger partial charge on any atom is -0.370 e. The summed E-state index contributed by atoms with van der Waals surface area (Å²) < 4.78 is 0. The molecule has 132 valence electrons. The number of amides is 1. The predicted octanol–water partition coefficient (Wildman–Crippen LogP) is 4.84. The minimum atomic E-state index is -0.110. The number of nitrogens with one attached hydrogen (secondary N) is 1. The summed E-state index contributed by atoms with van der Waals surface area (Å²) in [6.07, 6.45) is 8.49. The molecule has 0 aliphatic carbocycles. The van der Waals surface area contributed by atoms with E-state index in [-0.39, 0.29) is 5.91 Å². The number of anilines is 2. The quantitative estimate of drug-likeness (QED) is 0.868. The molecule has 1 aromatic carbocycles. The summed E-state index contributed by atoms with van der Waals surface area (Å²) in [7, 11) is 0. The van der Waals surface area contributed by atoms with Gasteiger partial charge in [0.2, 0.25) is 0 Å². The fraction of sp³-hybridized carbons (Fsp3) is 0.429. The first-order valence-electron chi connectivity index (χ1n) is 9.25. The van der Waals surface area contributed by atoms with Crippen molar-refractivity contribution in [1.82, 2.24) is 4.98 Å². The van der Waals surface area contributed by atoms with E-state index in [1.54, 1.807) is 6.20 Å². The molecule has 25 heavy (non-hydrogen) atoms. The molecule has 0 atom stereocenters. The van der Waals surface area contributed by atoms with E-state index in [0.717, 1.165) is 24.5 Å². The zero-order valence-corrected chi connectivity index (χ0v) is 15.2. The number of hydrogen-bond donors (Lipinski definition) is 1.